The quantitative estimate of drug-likeness (QED) is 0.0281. The molecule has 1 N–H and O–H groups in total. The molecular weight excluding hydrogens is 799 g/mol. The van der Waals surface area contributed by atoms with Crippen molar-refractivity contribution in [3.8, 4) is 0 Å². The van der Waals surface area contributed by atoms with Crippen LogP contribution in [-0.2, 0) is 28.6 Å². The largest absolute Gasteiger partial charge is 0.477 e. The molecule has 0 aromatic carbocycles. The number of nitrogens with zero attached hydrogens (tertiary/aromatic N) is 1. The number of aliphatic carboxylic acids is 1. The number of ether oxygens (including phenoxy) is 3. The monoisotopic (exact) mass is 903 g/mol. The summed E-state index contributed by atoms with van der Waals surface area (Å²) in [6.45, 7) is 4.72. The van der Waals surface area contributed by atoms with E-state index in [-0.39, 0.29) is 42.7 Å². The van der Waals surface area contributed by atoms with E-state index >= 15 is 0 Å². The molecule has 374 valence electrons. The Morgan fingerprint density at radius 2 is 0.844 bits per heavy atom. The summed E-state index contributed by atoms with van der Waals surface area (Å²) < 4.78 is 17.3. The Hall–Kier alpha value is -2.45. The molecule has 0 heterocycles. The second-order valence-corrected chi connectivity index (χ2v) is 19.5. The normalized spacial score (nSPS) is 13.1. The Kier molecular flexibility index (Phi) is 45.3. The second-order valence-electron chi connectivity index (χ2n) is 19.5. The maximum absolute atomic E-state index is 12.8. The topological polar surface area (TPSA) is 99.1 Å². The van der Waals surface area contributed by atoms with Gasteiger partial charge in [-0.1, -0.05) is 224 Å². The van der Waals surface area contributed by atoms with Crippen LogP contribution in [0.3, 0.4) is 0 Å². The number of unbranched alkanes of at least 4 members (excludes halogenated alkanes) is 29. The Balaban J connectivity index is 4.22. The lowest BCUT2D eigenvalue weighted by molar-refractivity contribution is -0.887. The highest BCUT2D eigenvalue weighted by Gasteiger charge is 2.31. The highest BCUT2D eigenvalue weighted by molar-refractivity contribution is 5.72. The lowest BCUT2D eigenvalue weighted by Gasteiger charge is -2.31. The van der Waals surface area contributed by atoms with Crippen molar-refractivity contribution in [2.75, 3.05) is 41.0 Å². The van der Waals surface area contributed by atoms with Crippen LogP contribution in [0.15, 0.2) is 36.5 Å². The van der Waals surface area contributed by atoms with Crippen LogP contribution in [0.25, 0.3) is 0 Å². The fraction of sp³-hybridized carbons (Fsp3) is 0.839. The van der Waals surface area contributed by atoms with Crippen molar-refractivity contribution in [1.29, 1.82) is 0 Å². The van der Waals surface area contributed by atoms with Gasteiger partial charge < -0.3 is 23.8 Å². The molecule has 64 heavy (non-hydrogen) atoms. The van der Waals surface area contributed by atoms with Crippen molar-refractivity contribution in [3.05, 3.63) is 36.5 Å². The van der Waals surface area contributed by atoms with Gasteiger partial charge in [0.05, 0.1) is 34.4 Å². The first-order chi connectivity index (χ1) is 31.1. The van der Waals surface area contributed by atoms with Gasteiger partial charge in [0, 0.05) is 19.3 Å². The van der Waals surface area contributed by atoms with Crippen LogP contribution < -0.4 is 0 Å². The van der Waals surface area contributed by atoms with Crippen molar-refractivity contribution >= 4 is 17.9 Å². The first-order valence-corrected chi connectivity index (χ1v) is 27.0. The van der Waals surface area contributed by atoms with Crippen LogP contribution in [0.1, 0.15) is 251 Å². The third kappa shape index (κ3) is 44.7. The summed E-state index contributed by atoms with van der Waals surface area (Å²) in [6.07, 6.45) is 56.4. The number of esters is 2. The zero-order valence-corrected chi connectivity index (χ0v) is 42.7. The summed E-state index contributed by atoms with van der Waals surface area (Å²) in [6, 6.07) is -0.623. The molecule has 0 aromatic heterocycles. The number of allylic oxidation sites excluding steroid dienone is 6. The average molecular weight is 903 g/mol. The minimum atomic E-state index is -0.880. The van der Waals surface area contributed by atoms with Gasteiger partial charge in [0.1, 0.15) is 6.61 Å². The van der Waals surface area contributed by atoms with Crippen molar-refractivity contribution < 1.29 is 38.2 Å². The fourth-order valence-corrected chi connectivity index (χ4v) is 8.11. The highest BCUT2D eigenvalue weighted by Crippen LogP contribution is 2.17. The van der Waals surface area contributed by atoms with Crippen LogP contribution in [0.4, 0.5) is 0 Å². The van der Waals surface area contributed by atoms with E-state index in [0.717, 1.165) is 38.5 Å². The second kappa shape index (κ2) is 47.1. The zero-order chi connectivity index (χ0) is 47.0. The van der Waals surface area contributed by atoms with E-state index in [0.29, 0.717) is 19.3 Å². The molecule has 8 heteroatoms. The van der Waals surface area contributed by atoms with Crippen LogP contribution in [-0.4, -0.2) is 80.6 Å². The molecule has 0 rings (SSSR count). The number of rotatable bonds is 49. The van der Waals surface area contributed by atoms with E-state index in [9.17, 15) is 19.5 Å². The van der Waals surface area contributed by atoms with E-state index in [4.69, 9.17) is 14.2 Å². The molecular formula is C56H104NO7+. The number of hydrogen-bond acceptors (Lipinski definition) is 6. The zero-order valence-electron chi connectivity index (χ0n) is 42.7. The third-order valence-electron chi connectivity index (χ3n) is 12.3. The predicted molar refractivity (Wildman–Crippen MR) is 271 cm³/mol. The maximum atomic E-state index is 12.8. The molecule has 2 unspecified atom stereocenters. The van der Waals surface area contributed by atoms with E-state index in [1.807, 2.05) is 21.1 Å². The first-order valence-electron chi connectivity index (χ1n) is 27.0. The van der Waals surface area contributed by atoms with Gasteiger partial charge in [-0.2, -0.15) is 0 Å². The van der Waals surface area contributed by atoms with Gasteiger partial charge >= 0.3 is 17.9 Å². The number of likely N-dealkylation sites (N-methyl/N-ethyl adjacent to an activating group) is 1. The van der Waals surface area contributed by atoms with Crippen LogP contribution >= 0.6 is 0 Å². The molecule has 0 aliphatic carbocycles. The third-order valence-corrected chi connectivity index (χ3v) is 12.3. The molecule has 0 aliphatic rings. The summed E-state index contributed by atoms with van der Waals surface area (Å²) in [7, 11) is 5.53. The van der Waals surface area contributed by atoms with Gasteiger partial charge in [0.15, 0.2) is 12.1 Å². The molecule has 0 aromatic rings. The molecule has 0 spiro atoms. The van der Waals surface area contributed by atoms with Gasteiger partial charge in [0.2, 0.25) is 0 Å². The van der Waals surface area contributed by atoms with Crippen LogP contribution in [0, 0.1) is 0 Å². The van der Waals surface area contributed by atoms with Gasteiger partial charge in [-0.05, 0) is 44.9 Å². The lowest BCUT2D eigenvalue weighted by atomic mass is 10.0. The number of carboxylic acids is 1. The minimum absolute atomic E-state index is 0.0441. The van der Waals surface area contributed by atoms with Gasteiger partial charge in [-0.15, -0.1) is 0 Å². The SMILES string of the molecule is CCCCCCCC/C=C/C/C=C/C/C=C/CCCC(=O)OC(COCCC(C(=O)O)[N+](C)(C)C)COC(=O)CCCCCCCCCCCCCCCCCCCCCCCCC. The van der Waals surface area contributed by atoms with E-state index in [1.165, 1.54) is 173 Å². The van der Waals surface area contributed by atoms with Crippen LogP contribution in [0.2, 0.25) is 0 Å². The molecule has 0 bridgehead atoms. The minimum Gasteiger partial charge on any atom is -0.477 e. The standard InChI is InChI=1S/C56H103NO7/c1-6-8-10-12-14-16-18-20-22-24-25-26-27-28-29-31-32-34-36-38-40-42-44-46-54(58)63-51-52(50-62-49-48-53(56(60)61)57(3,4)5)64-55(59)47-45-43-41-39-37-35-33-30-23-21-19-17-15-13-11-9-7-2/h21,23,33,35,39,41,52-53H,6-20,22,24-32,34,36-38,40,42-51H2,1-5H3/p+1/b23-21+,35-33+,41-39+. The maximum Gasteiger partial charge on any atom is 0.362 e. The Bertz CT molecular complexity index is 1140. The number of hydrogen-bond donors (Lipinski definition) is 1. The Morgan fingerprint density at radius 3 is 1.27 bits per heavy atom. The Labute approximate surface area is 395 Å². The van der Waals surface area contributed by atoms with Crippen molar-refractivity contribution in [1.82, 2.24) is 0 Å². The molecule has 0 fully saturated rings. The van der Waals surface area contributed by atoms with E-state index in [2.05, 4.69) is 50.3 Å². The number of quaternary nitrogens is 1. The predicted octanol–water partition coefficient (Wildman–Crippen LogP) is 15.8. The van der Waals surface area contributed by atoms with Crippen molar-refractivity contribution in [2.45, 2.75) is 264 Å². The molecule has 2 atom stereocenters. The summed E-state index contributed by atoms with van der Waals surface area (Å²) in [5.41, 5.74) is 0. The van der Waals surface area contributed by atoms with Crippen LogP contribution in [0.5, 0.6) is 0 Å². The fourth-order valence-electron chi connectivity index (χ4n) is 8.11. The smallest absolute Gasteiger partial charge is 0.362 e. The summed E-state index contributed by atoms with van der Waals surface area (Å²) in [5.74, 6) is -1.52. The summed E-state index contributed by atoms with van der Waals surface area (Å²) >= 11 is 0. The molecule has 0 saturated heterocycles. The summed E-state index contributed by atoms with van der Waals surface area (Å²) in [5, 5.41) is 9.65. The molecule has 0 amide bonds. The average Bonchev–Trinajstić information content (AvgIpc) is 3.26. The molecule has 8 nitrogen and oxygen atoms in total. The Morgan fingerprint density at radius 1 is 0.469 bits per heavy atom. The number of carbonyl (C=O) groups is 3. The summed E-state index contributed by atoms with van der Waals surface area (Å²) in [4.78, 5) is 37.2. The van der Waals surface area contributed by atoms with Crippen molar-refractivity contribution in [2.24, 2.45) is 0 Å². The molecule has 0 saturated carbocycles. The van der Waals surface area contributed by atoms with E-state index in [1.54, 1.807) is 0 Å². The van der Waals surface area contributed by atoms with E-state index < -0.39 is 18.1 Å². The van der Waals surface area contributed by atoms with Gasteiger partial charge in [-0.25, -0.2) is 4.79 Å². The number of carboxylic acid groups (broad SMARTS) is 1. The molecule has 0 aliphatic heterocycles. The highest BCUT2D eigenvalue weighted by atomic mass is 16.6. The van der Waals surface area contributed by atoms with Crippen molar-refractivity contribution in [3.63, 3.8) is 0 Å². The van der Waals surface area contributed by atoms with Gasteiger partial charge in [0.25, 0.3) is 0 Å². The molecule has 0 radical (unpaired) electrons. The first kappa shape index (κ1) is 61.5. The number of carbonyl (C=O) groups excluding carboxylic acids is 2. The van der Waals surface area contributed by atoms with Gasteiger partial charge in [-0.3, -0.25) is 9.59 Å². The lowest BCUT2D eigenvalue weighted by Crippen LogP contribution is -2.50.